The molecule has 0 saturated carbocycles. The topological polar surface area (TPSA) is 107 Å². The van der Waals surface area contributed by atoms with Crippen molar-refractivity contribution >= 4 is 35.3 Å². The van der Waals surface area contributed by atoms with Crippen LogP contribution >= 0.6 is 11.6 Å². The van der Waals surface area contributed by atoms with Crippen LogP contribution in [-0.4, -0.2) is 38.4 Å². The summed E-state index contributed by atoms with van der Waals surface area (Å²) in [4.78, 5) is 25.0. The molecule has 4 rings (SSSR count). The molecule has 0 fully saturated rings. The van der Waals surface area contributed by atoms with E-state index in [2.05, 4.69) is 15.8 Å². The first-order chi connectivity index (χ1) is 20.5. The highest BCUT2D eigenvalue weighted by Crippen LogP contribution is 2.30. The molecule has 9 nitrogen and oxygen atoms in total. The molecule has 0 radical (unpaired) electrons. The quantitative estimate of drug-likeness (QED) is 0.144. The van der Waals surface area contributed by atoms with Gasteiger partial charge in [0.25, 0.3) is 11.8 Å². The minimum absolute atomic E-state index is 0.249. The Morgan fingerprint density at radius 2 is 1.60 bits per heavy atom. The van der Waals surface area contributed by atoms with Crippen molar-refractivity contribution in [2.45, 2.75) is 13.5 Å². The Bertz CT molecular complexity index is 1540. The second kappa shape index (κ2) is 15.1. The Kier molecular flexibility index (Phi) is 10.8. The van der Waals surface area contributed by atoms with Gasteiger partial charge in [-0.15, -0.1) is 0 Å². The van der Waals surface area contributed by atoms with Crippen LogP contribution in [0.5, 0.6) is 23.0 Å². The predicted molar refractivity (Wildman–Crippen MR) is 162 cm³/mol. The zero-order valence-corrected chi connectivity index (χ0v) is 23.9. The van der Waals surface area contributed by atoms with Crippen LogP contribution in [0.1, 0.15) is 28.4 Å². The number of benzene rings is 4. The summed E-state index contributed by atoms with van der Waals surface area (Å²) >= 11 is 6.33. The van der Waals surface area contributed by atoms with Gasteiger partial charge in [-0.1, -0.05) is 54.1 Å². The fourth-order valence-electron chi connectivity index (χ4n) is 3.79. The number of nitrogens with one attached hydrogen (secondary N) is 2. The smallest absolute Gasteiger partial charge is 0.271 e. The molecule has 0 saturated heterocycles. The summed E-state index contributed by atoms with van der Waals surface area (Å²) in [6.07, 6.45) is 1.45. The Hall–Kier alpha value is -5.02. The number of halogens is 1. The molecule has 2 amide bonds. The third-order valence-corrected chi connectivity index (χ3v) is 6.11. The Morgan fingerprint density at radius 3 is 2.36 bits per heavy atom. The van der Waals surface area contributed by atoms with Crippen molar-refractivity contribution in [3.8, 4) is 23.0 Å². The zero-order valence-electron chi connectivity index (χ0n) is 23.1. The molecule has 0 bridgehead atoms. The molecule has 0 heterocycles. The first kappa shape index (κ1) is 30.0. The number of nitrogens with zero attached hydrogens (tertiary/aromatic N) is 1. The number of anilines is 1. The third-order valence-electron chi connectivity index (χ3n) is 5.82. The van der Waals surface area contributed by atoms with E-state index >= 15 is 0 Å². The number of hydrogen-bond acceptors (Lipinski definition) is 7. The lowest BCUT2D eigenvalue weighted by molar-refractivity contribution is -0.118. The van der Waals surface area contributed by atoms with Crippen molar-refractivity contribution in [1.82, 2.24) is 5.43 Å². The van der Waals surface area contributed by atoms with Gasteiger partial charge in [-0.2, -0.15) is 5.10 Å². The van der Waals surface area contributed by atoms with Gasteiger partial charge in [0, 0.05) is 5.56 Å². The maximum absolute atomic E-state index is 12.7. The monoisotopic (exact) mass is 587 g/mol. The molecule has 0 atom stereocenters. The van der Waals surface area contributed by atoms with Gasteiger partial charge < -0.3 is 24.3 Å². The second-order valence-corrected chi connectivity index (χ2v) is 9.20. The van der Waals surface area contributed by atoms with Crippen LogP contribution < -0.4 is 29.7 Å². The zero-order chi connectivity index (χ0) is 29.7. The normalized spacial score (nSPS) is 10.6. The number of ether oxygens (including phenoxy) is 4. The van der Waals surface area contributed by atoms with E-state index in [-0.39, 0.29) is 17.5 Å². The summed E-state index contributed by atoms with van der Waals surface area (Å²) in [5, 5.41) is 7.04. The standard InChI is InChI=1S/C32H30ClN3O6/c1-3-40-30-18-24(14-16-29(30)41-20-22-9-5-4-6-10-22)32(38)36-34-19-23-13-15-27(25(33)17-23)42-21-31(37)35-26-11-7-8-12-28(26)39-2/h4-19H,3,20-21H2,1-2H3,(H,35,37)(H,36,38)/b34-19+. The summed E-state index contributed by atoms with van der Waals surface area (Å²) in [6.45, 7) is 2.40. The molecule has 10 heteroatoms. The van der Waals surface area contributed by atoms with E-state index in [0.29, 0.717) is 53.0 Å². The SMILES string of the molecule is CCOc1cc(C(=O)N/N=C/c2ccc(OCC(=O)Nc3ccccc3OC)c(Cl)c2)ccc1OCc1ccccc1. The number of hydrogen-bond donors (Lipinski definition) is 2. The predicted octanol–water partition coefficient (Wildman–Crippen LogP) is 6.11. The molecule has 0 aromatic heterocycles. The number of carbonyl (C=O) groups excluding carboxylic acids is 2. The van der Waals surface area contributed by atoms with Crippen LogP contribution in [-0.2, 0) is 11.4 Å². The van der Waals surface area contributed by atoms with Gasteiger partial charge in [0.1, 0.15) is 18.1 Å². The molecule has 4 aromatic carbocycles. The molecule has 0 spiro atoms. The number of carbonyl (C=O) groups is 2. The molecule has 0 aliphatic heterocycles. The summed E-state index contributed by atoms with van der Waals surface area (Å²) in [5.74, 6) is 1.07. The fourth-order valence-corrected chi connectivity index (χ4v) is 4.04. The molecule has 0 aliphatic rings. The Labute approximate surface area is 249 Å². The van der Waals surface area contributed by atoms with E-state index in [1.54, 1.807) is 60.7 Å². The fraction of sp³-hybridized carbons (Fsp3) is 0.156. The highest BCUT2D eigenvalue weighted by atomic mass is 35.5. The maximum Gasteiger partial charge on any atom is 0.271 e. The van der Waals surface area contributed by atoms with E-state index in [4.69, 9.17) is 30.5 Å². The number of hydrazone groups is 1. The van der Waals surface area contributed by atoms with Crippen molar-refractivity contribution in [2.75, 3.05) is 25.6 Å². The maximum atomic E-state index is 12.7. The highest BCUT2D eigenvalue weighted by Gasteiger charge is 2.13. The van der Waals surface area contributed by atoms with Crippen molar-refractivity contribution < 1.29 is 28.5 Å². The van der Waals surface area contributed by atoms with Gasteiger partial charge in [-0.25, -0.2) is 5.43 Å². The van der Waals surface area contributed by atoms with Gasteiger partial charge in [0.2, 0.25) is 0 Å². The molecule has 216 valence electrons. The first-order valence-electron chi connectivity index (χ1n) is 13.1. The van der Waals surface area contributed by atoms with Crippen molar-refractivity contribution in [1.29, 1.82) is 0 Å². The Morgan fingerprint density at radius 1 is 0.833 bits per heavy atom. The largest absolute Gasteiger partial charge is 0.495 e. The van der Waals surface area contributed by atoms with Gasteiger partial charge in [-0.05, 0) is 66.6 Å². The van der Waals surface area contributed by atoms with Gasteiger partial charge in [0.15, 0.2) is 18.1 Å². The number of amides is 2. The number of methoxy groups -OCH3 is 1. The summed E-state index contributed by atoms with van der Waals surface area (Å²) < 4.78 is 22.4. The van der Waals surface area contributed by atoms with Crippen LogP contribution in [0.3, 0.4) is 0 Å². The molecule has 42 heavy (non-hydrogen) atoms. The average Bonchev–Trinajstić information content (AvgIpc) is 3.01. The van der Waals surface area contributed by atoms with Gasteiger partial charge >= 0.3 is 0 Å². The van der Waals surface area contributed by atoms with Crippen LogP contribution in [0.15, 0.2) is 96.1 Å². The number of rotatable bonds is 13. The summed E-state index contributed by atoms with van der Waals surface area (Å²) in [6, 6.07) is 26.7. The molecule has 0 unspecified atom stereocenters. The Balaban J connectivity index is 1.31. The van der Waals surface area contributed by atoms with Crippen LogP contribution in [0.4, 0.5) is 5.69 Å². The highest BCUT2D eigenvalue weighted by molar-refractivity contribution is 6.32. The minimum Gasteiger partial charge on any atom is -0.495 e. The van der Waals surface area contributed by atoms with Crippen molar-refractivity contribution in [3.05, 3.63) is 113 Å². The minimum atomic E-state index is -0.422. The molecule has 4 aromatic rings. The van der Waals surface area contributed by atoms with Crippen LogP contribution in [0.2, 0.25) is 5.02 Å². The lowest BCUT2D eigenvalue weighted by Crippen LogP contribution is -2.20. The van der Waals surface area contributed by atoms with Gasteiger partial charge in [-0.3, -0.25) is 9.59 Å². The second-order valence-electron chi connectivity index (χ2n) is 8.79. The number of para-hydroxylation sites is 2. The lowest BCUT2D eigenvalue weighted by atomic mass is 10.2. The summed E-state index contributed by atoms with van der Waals surface area (Å²) in [5.41, 5.74) is 5.03. The lowest BCUT2D eigenvalue weighted by Gasteiger charge is -2.13. The average molecular weight is 588 g/mol. The van der Waals surface area contributed by atoms with E-state index in [1.165, 1.54) is 13.3 Å². The van der Waals surface area contributed by atoms with E-state index in [0.717, 1.165) is 5.56 Å². The van der Waals surface area contributed by atoms with E-state index < -0.39 is 5.91 Å². The third kappa shape index (κ3) is 8.49. The summed E-state index contributed by atoms with van der Waals surface area (Å²) in [7, 11) is 1.52. The first-order valence-corrected chi connectivity index (χ1v) is 13.5. The van der Waals surface area contributed by atoms with Crippen molar-refractivity contribution in [3.63, 3.8) is 0 Å². The van der Waals surface area contributed by atoms with E-state index in [9.17, 15) is 9.59 Å². The van der Waals surface area contributed by atoms with Crippen LogP contribution in [0.25, 0.3) is 0 Å². The van der Waals surface area contributed by atoms with Crippen LogP contribution in [0, 0.1) is 0 Å². The van der Waals surface area contributed by atoms with E-state index in [1.807, 2.05) is 37.3 Å². The molecule has 2 N–H and O–H groups in total. The molecule has 0 aliphatic carbocycles. The van der Waals surface area contributed by atoms with Crippen molar-refractivity contribution in [2.24, 2.45) is 5.10 Å². The van der Waals surface area contributed by atoms with Gasteiger partial charge in [0.05, 0.1) is 30.6 Å². The molecular weight excluding hydrogens is 558 g/mol. The molecular formula is C32H30ClN3O6.